The smallest absolute Gasteiger partial charge is 0.267 e. The summed E-state index contributed by atoms with van der Waals surface area (Å²) < 4.78 is 22.2. The second-order valence-electron chi connectivity index (χ2n) is 9.62. The fraction of sp³-hybridized carbons (Fsp3) is 0.310. The number of nitrogens with two attached hydrogens (primary N) is 2. The highest BCUT2D eigenvalue weighted by molar-refractivity contribution is 5.95. The van der Waals surface area contributed by atoms with Crippen LogP contribution in [-0.4, -0.2) is 55.5 Å². The van der Waals surface area contributed by atoms with Gasteiger partial charge in [0.1, 0.15) is 5.82 Å². The molecule has 1 aliphatic carbocycles. The number of amides is 1. The van der Waals surface area contributed by atoms with E-state index < -0.39 is 0 Å². The van der Waals surface area contributed by atoms with Crippen molar-refractivity contribution < 1.29 is 23.7 Å². The van der Waals surface area contributed by atoms with Crippen LogP contribution in [0.2, 0.25) is 0 Å². The highest BCUT2D eigenvalue weighted by Gasteiger charge is 2.41. The highest BCUT2D eigenvalue weighted by Crippen LogP contribution is 2.48. The number of methoxy groups -OCH3 is 4. The standard InChI is InChI=1S/C29H32N6O5/c1-37-22-12-19-15-33-35(26(17-5-6-17)21(19)13-23(22)38-2)25(36)8-7-18-9-16(11-24(39-3)27(18)40-4)10-20-14-32-29(31)34-28(20)30/h7-9,11-15,17,26H,5-6,10H2,1-4H3,(H4,30,31,32,34)/b8-7+/t26-/m1/s1. The molecule has 208 valence electrons. The third kappa shape index (κ3) is 5.22. The Morgan fingerprint density at radius 3 is 2.38 bits per heavy atom. The van der Waals surface area contributed by atoms with Crippen LogP contribution in [0.3, 0.4) is 0 Å². The van der Waals surface area contributed by atoms with E-state index in [2.05, 4.69) is 15.1 Å². The Balaban J connectivity index is 1.46. The van der Waals surface area contributed by atoms with Crippen molar-refractivity contribution in [1.82, 2.24) is 15.0 Å². The molecule has 1 amide bonds. The van der Waals surface area contributed by atoms with Gasteiger partial charge in [0.15, 0.2) is 23.0 Å². The maximum atomic E-state index is 13.6. The maximum Gasteiger partial charge on any atom is 0.267 e. The van der Waals surface area contributed by atoms with Gasteiger partial charge in [-0.1, -0.05) is 0 Å². The number of carbonyl (C=O) groups excluding carboxylic acids is 1. The lowest BCUT2D eigenvalue weighted by Crippen LogP contribution is -2.33. The fourth-order valence-corrected chi connectivity index (χ4v) is 4.97. The van der Waals surface area contributed by atoms with Crippen molar-refractivity contribution >= 4 is 30.0 Å². The van der Waals surface area contributed by atoms with E-state index in [1.165, 1.54) is 6.08 Å². The molecule has 3 aromatic rings. The van der Waals surface area contributed by atoms with E-state index in [0.717, 1.165) is 29.5 Å². The summed E-state index contributed by atoms with van der Waals surface area (Å²) in [5, 5.41) is 6.08. The molecule has 4 N–H and O–H groups in total. The summed E-state index contributed by atoms with van der Waals surface area (Å²) in [6.45, 7) is 0. The number of fused-ring (bicyclic) bond motifs is 1. The zero-order valence-corrected chi connectivity index (χ0v) is 22.9. The van der Waals surface area contributed by atoms with Crippen LogP contribution in [0.1, 0.15) is 46.7 Å². The summed E-state index contributed by atoms with van der Waals surface area (Å²) in [5.74, 6) is 2.73. The van der Waals surface area contributed by atoms with Gasteiger partial charge in [0, 0.05) is 35.4 Å². The molecule has 1 aromatic heterocycles. The van der Waals surface area contributed by atoms with Crippen molar-refractivity contribution in [1.29, 1.82) is 0 Å². The van der Waals surface area contributed by atoms with Crippen molar-refractivity contribution in [3.05, 3.63) is 64.4 Å². The van der Waals surface area contributed by atoms with E-state index in [0.29, 0.717) is 52.3 Å². The van der Waals surface area contributed by atoms with Gasteiger partial charge in [-0.25, -0.2) is 9.99 Å². The lowest BCUT2D eigenvalue weighted by atomic mass is 9.94. The van der Waals surface area contributed by atoms with Gasteiger partial charge in [-0.2, -0.15) is 10.1 Å². The van der Waals surface area contributed by atoms with E-state index >= 15 is 0 Å². The van der Waals surface area contributed by atoms with Gasteiger partial charge in [0.2, 0.25) is 5.95 Å². The zero-order chi connectivity index (χ0) is 28.4. The Morgan fingerprint density at radius 2 is 1.73 bits per heavy atom. The molecule has 0 saturated heterocycles. The molecule has 11 heteroatoms. The number of nitrogen functional groups attached to an aromatic ring is 2. The van der Waals surface area contributed by atoms with Crippen LogP contribution in [0.4, 0.5) is 11.8 Å². The predicted octanol–water partition coefficient (Wildman–Crippen LogP) is 3.61. The second-order valence-corrected chi connectivity index (χ2v) is 9.62. The second kappa shape index (κ2) is 11.1. The molecule has 0 radical (unpaired) electrons. The first kappa shape index (κ1) is 26.8. The number of anilines is 2. The topological polar surface area (TPSA) is 147 Å². The lowest BCUT2D eigenvalue weighted by Gasteiger charge is -2.32. The van der Waals surface area contributed by atoms with Crippen molar-refractivity contribution in [2.75, 3.05) is 39.9 Å². The van der Waals surface area contributed by atoms with Crippen molar-refractivity contribution in [2.24, 2.45) is 11.0 Å². The first-order chi connectivity index (χ1) is 19.4. The van der Waals surface area contributed by atoms with Crippen LogP contribution in [0.15, 0.2) is 41.6 Å². The number of rotatable bonds is 9. The zero-order valence-electron chi connectivity index (χ0n) is 22.9. The van der Waals surface area contributed by atoms with Gasteiger partial charge < -0.3 is 30.4 Å². The third-order valence-electron chi connectivity index (χ3n) is 7.07. The Kier molecular flexibility index (Phi) is 7.45. The SMILES string of the molecule is COc1cc2c(cc1OC)[C@@H](C1CC1)N(C(=O)/C=C/c1cc(Cc3cnc(N)nc3N)cc(OC)c1OC)N=C2. The lowest BCUT2D eigenvalue weighted by molar-refractivity contribution is -0.129. The van der Waals surface area contributed by atoms with Gasteiger partial charge in [0.05, 0.1) is 40.7 Å². The molecule has 2 heterocycles. The monoisotopic (exact) mass is 544 g/mol. The molecule has 5 rings (SSSR count). The fourth-order valence-electron chi connectivity index (χ4n) is 4.97. The molecular weight excluding hydrogens is 512 g/mol. The Hall–Kier alpha value is -4.80. The van der Waals surface area contributed by atoms with Crippen molar-refractivity contribution in [2.45, 2.75) is 25.3 Å². The van der Waals surface area contributed by atoms with Crippen LogP contribution in [-0.2, 0) is 11.2 Å². The summed E-state index contributed by atoms with van der Waals surface area (Å²) in [5.41, 5.74) is 15.8. The van der Waals surface area contributed by atoms with Gasteiger partial charge in [-0.05, 0) is 60.2 Å². The van der Waals surface area contributed by atoms with Crippen LogP contribution < -0.4 is 30.4 Å². The first-order valence-electron chi connectivity index (χ1n) is 12.8. The molecule has 1 aliphatic heterocycles. The molecule has 2 aliphatic rings. The molecule has 0 unspecified atom stereocenters. The van der Waals surface area contributed by atoms with E-state index in [4.69, 9.17) is 30.4 Å². The molecule has 40 heavy (non-hydrogen) atoms. The number of benzene rings is 2. The number of aromatic nitrogens is 2. The average molecular weight is 545 g/mol. The molecule has 0 spiro atoms. The highest BCUT2D eigenvalue weighted by atomic mass is 16.5. The summed E-state index contributed by atoms with van der Waals surface area (Å²) in [7, 11) is 6.31. The molecule has 2 aromatic carbocycles. The number of hydrogen-bond acceptors (Lipinski definition) is 10. The van der Waals surface area contributed by atoms with Crippen LogP contribution in [0.25, 0.3) is 6.08 Å². The molecule has 0 bridgehead atoms. The molecule has 1 saturated carbocycles. The number of nitrogens with zero attached hydrogens (tertiary/aromatic N) is 4. The summed E-state index contributed by atoms with van der Waals surface area (Å²) >= 11 is 0. The van der Waals surface area contributed by atoms with E-state index in [9.17, 15) is 4.79 Å². The minimum atomic E-state index is -0.254. The van der Waals surface area contributed by atoms with E-state index in [1.807, 2.05) is 24.3 Å². The molecule has 11 nitrogen and oxygen atoms in total. The summed E-state index contributed by atoms with van der Waals surface area (Å²) in [6, 6.07) is 7.39. The molecule has 1 fully saturated rings. The summed E-state index contributed by atoms with van der Waals surface area (Å²) in [4.78, 5) is 21.6. The number of ether oxygens (including phenoxy) is 4. The molecule has 1 atom stereocenters. The maximum absolute atomic E-state index is 13.6. The van der Waals surface area contributed by atoms with Gasteiger partial charge in [-0.3, -0.25) is 4.79 Å². The third-order valence-corrected chi connectivity index (χ3v) is 7.07. The minimum absolute atomic E-state index is 0.112. The normalized spacial score (nSPS) is 16.1. The van der Waals surface area contributed by atoms with Gasteiger partial charge in [0.25, 0.3) is 5.91 Å². The first-order valence-corrected chi connectivity index (χ1v) is 12.8. The van der Waals surface area contributed by atoms with Crippen LogP contribution in [0.5, 0.6) is 23.0 Å². The van der Waals surface area contributed by atoms with Gasteiger partial charge in [-0.15, -0.1) is 0 Å². The van der Waals surface area contributed by atoms with E-state index in [-0.39, 0.29) is 17.9 Å². The Labute approximate surface area is 232 Å². The number of carbonyl (C=O) groups is 1. The average Bonchev–Trinajstić information content (AvgIpc) is 3.81. The van der Waals surface area contributed by atoms with Crippen LogP contribution >= 0.6 is 0 Å². The van der Waals surface area contributed by atoms with E-state index in [1.54, 1.807) is 51.9 Å². The predicted molar refractivity (Wildman–Crippen MR) is 152 cm³/mol. The van der Waals surface area contributed by atoms with Gasteiger partial charge >= 0.3 is 0 Å². The van der Waals surface area contributed by atoms with Crippen molar-refractivity contribution in [3.8, 4) is 23.0 Å². The number of hydrazone groups is 1. The quantitative estimate of drug-likeness (QED) is 0.386. The summed E-state index contributed by atoms with van der Waals surface area (Å²) in [6.07, 6.45) is 8.97. The number of hydrogen-bond donors (Lipinski definition) is 2. The largest absolute Gasteiger partial charge is 0.493 e. The minimum Gasteiger partial charge on any atom is -0.493 e. The molecular formula is C29H32N6O5. The Morgan fingerprint density at radius 1 is 1.00 bits per heavy atom. The Bertz CT molecular complexity index is 1500. The van der Waals surface area contributed by atoms with Crippen molar-refractivity contribution in [3.63, 3.8) is 0 Å². The van der Waals surface area contributed by atoms with Crippen LogP contribution in [0, 0.1) is 5.92 Å².